The molecule has 1 N–H and O–H groups in total. The van der Waals surface area contributed by atoms with Crippen LogP contribution in [0.3, 0.4) is 0 Å². The van der Waals surface area contributed by atoms with Crippen LogP contribution < -0.4 is 0 Å². The second kappa shape index (κ2) is 7.45. The molecule has 15 heteroatoms. The number of aliphatic hydroxyl groups is 1. The van der Waals surface area contributed by atoms with Gasteiger partial charge < -0.3 is 9.84 Å². The van der Waals surface area contributed by atoms with E-state index in [0.717, 1.165) is 13.3 Å². The van der Waals surface area contributed by atoms with Gasteiger partial charge in [0.15, 0.2) is 4.58 Å². The molecule has 4 bridgehead atoms. The van der Waals surface area contributed by atoms with Crippen LogP contribution in [0, 0.1) is 17.3 Å². The smallest absolute Gasteiger partial charge is 0.462 e. The summed E-state index contributed by atoms with van der Waals surface area (Å²) in [6, 6.07) is 0. The fraction of sp³-hybridized carbons (Fsp3) is 0.941. The number of esters is 1. The number of carbonyl (C=O) groups is 1. The first-order chi connectivity index (χ1) is 14.2. The van der Waals surface area contributed by atoms with Gasteiger partial charge in [-0.15, -0.1) is 0 Å². The van der Waals surface area contributed by atoms with E-state index in [1.165, 1.54) is 0 Å². The predicted molar refractivity (Wildman–Crippen MR) is 96.0 cm³/mol. The molecular formula is C17H22F6O7S2. The van der Waals surface area contributed by atoms with Gasteiger partial charge in [0.05, 0.1) is 11.0 Å². The van der Waals surface area contributed by atoms with Crippen molar-refractivity contribution in [3.8, 4) is 0 Å². The Bertz CT molecular complexity index is 928. The highest BCUT2D eigenvalue weighted by molar-refractivity contribution is 8.09. The van der Waals surface area contributed by atoms with Crippen molar-refractivity contribution in [1.29, 1.82) is 0 Å². The minimum Gasteiger partial charge on any atom is -0.462 e. The number of halogens is 6. The molecule has 0 aliphatic heterocycles. The molecule has 0 amide bonds. The topological polar surface area (TPSA) is 115 Å². The molecule has 4 fully saturated rings. The van der Waals surface area contributed by atoms with Crippen molar-refractivity contribution in [3.63, 3.8) is 0 Å². The summed E-state index contributed by atoms with van der Waals surface area (Å²) in [4.78, 5) is 12.8. The van der Waals surface area contributed by atoms with Crippen LogP contribution in [0.5, 0.6) is 0 Å². The maximum absolute atomic E-state index is 12.9. The normalized spacial score (nSPS) is 34.0. The summed E-state index contributed by atoms with van der Waals surface area (Å²) in [6.45, 7) is 0.831. The molecule has 0 saturated heterocycles. The molecule has 0 radical (unpaired) electrons. The lowest BCUT2D eigenvalue weighted by molar-refractivity contribution is -0.199. The third-order valence-corrected chi connectivity index (χ3v) is 11.2. The number of hydrogen-bond donors (Lipinski definition) is 1. The Balaban J connectivity index is 1.83. The van der Waals surface area contributed by atoms with E-state index in [2.05, 4.69) is 0 Å². The van der Waals surface area contributed by atoms with Crippen LogP contribution in [0.25, 0.3) is 0 Å². The summed E-state index contributed by atoms with van der Waals surface area (Å²) < 4.78 is 125. The average molecular weight is 516 g/mol. The van der Waals surface area contributed by atoms with E-state index in [1.807, 2.05) is 0 Å². The van der Waals surface area contributed by atoms with E-state index in [-0.39, 0.29) is 18.3 Å². The van der Waals surface area contributed by atoms with E-state index >= 15 is 0 Å². The zero-order chi connectivity index (χ0) is 24.5. The lowest BCUT2D eigenvalue weighted by atomic mass is 9.48. The van der Waals surface area contributed by atoms with Crippen molar-refractivity contribution < 1.29 is 57.8 Å². The quantitative estimate of drug-likeness (QED) is 0.427. The van der Waals surface area contributed by atoms with Gasteiger partial charge >= 0.3 is 17.0 Å². The molecule has 32 heavy (non-hydrogen) atoms. The molecule has 186 valence electrons. The lowest BCUT2D eigenvalue weighted by Gasteiger charge is -2.58. The van der Waals surface area contributed by atoms with Gasteiger partial charge in [0.2, 0.25) is 0 Å². The van der Waals surface area contributed by atoms with Crippen molar-refractivity contribution in [2.24, 2.45) is 17.3 Å². The Morgan fingerprint density at radius 3 is 1.78 bits per heavy atom. The van der Waals surface area contributed by atoms with E-state index < -0.39 is 64.8 Å². The fourth-order valence-corrected chi connectivity index (χ4v) is 9.43. The third kappa shape index (κ3) is 4.24. The third-order valence-electron chi connectivity index (χ3n) is 6.63. The molecular weight excluding hydrogens is 494 g/mol. The molecule has 0 aromatic rings. The van der Waals surface area contributed by atoms with Crippen LogP contribution in [0.1, 0.15) is 51.9 Å². The van der Waals surface area contributed by atoms with Crippen LogP contribution in [0.15, 0.2) is 0 Å². The maximum Gasteiger partial charge on any atom is 0.498 e. The zero-order valence-corrected chi connectivity index (χ0v) is 18.4. The first-order valence-corrected chi connectivity index (χ1v) is 12.9. The van der Waals surface area contributed by atoms with Crippen molar-refractivity contribution in [1.82, 2.24) is 0 Å². The predicted octanol–water partition coefficient (Wildman–Crippen LogP) is 2.83. The van der Waals surface area contributed by atoms with E-state index in [1.54, 1.807) is 0 Å². The summed E-state index contributed by atoms with van der Waals surface area (Å²) in [5, 5.41) is 10.7. The van der Waals surface area contributed by atoms with Gasteiger partial charge in [0, 0.05) is 6.42 Å². The van der Waals surface area contributed by atoms with Gasteiger partial charge in [0.25, 0.3) is 19.7 Å². The van der Waals surface area contributed by atoms with Crippen molar-refractivity contribution in [3.05, 3.63) is 0 Å². The van der Waals surface area contributed by atoms with Crippen molar-refractivity contribution in [2.75, 3.05) is 0 Å². The molecule has 4 aliphatic rings. The van der Waals surface area contributed by atoms with Crippen LogP contribution in [0.2, 0.25) is 0 Å². The van der Waals surface area contributed by atoms with E-state index in [0.29, 0.717) is 25.7 Å². The fourth-order valence-electron chi connectivity index (χ4n) is 5.80. The number of sulfone groups is 2. The summed E-state index contributed by atoms with van der Waals surface area (Å²) in [6.07, 6.45) is -1.24. The largest absolute Gasteiger partial charge is 0.498 e. The van der Waals surface area contributed by atoms with Gasteiger partial charge in [-0.2, -0.15) is 26.3 Å². The Morgan fingerprint density at radius 1 is 0.969 bits per heavy atom. The molecule has 7 nitrogen and oxygen atoms in total. The van der Waals surface area contributed by atoms with E-state index in [4.69, 9.17) is 4.74 Å². The molecule has 3 atom stereocenters. The number of hydrogen-bond acceptors (Lipinski definition) is 7. The lowest BCUT2D eigenvalue weighted by Crippen LogP contribution is -2.58. The summed E-state index contributed by atoms with van der Waals surface area (Å²) >= 11 is 0. The minimum absolute atomic E-state index is 0.00747. The molecule has 4 saturated carbocycles. The van der Waals surface area contributed by atoms with Gasteiger partial charge in [-0.25, -0.2) is 16.8 Å². The first-order valence-electron chi connectivity index (χ1n) is 9.76. The minimum atomic E-state index is -6.80. The zero-order valence-electron chi connectivity index (χ0n) is 16.7. The highest BCUT2D eigenvalue weighted by Gasteiger charge is 2.64. The van der Waals surface area contributed by atoms with E-state index in [9.17, 15) is 53.1 Å². The Hall–Kier alpha value is -1.09. The van der Waals surface area contributed by atoms with Crippen LogP contribution in [-0.2, 0) is 29.2 Å². The Kier molecular flexibility index (Phi) is 5.95. The van der Waals surface area contributed by atoms with Gasteiger partial charge in [0.1, 0.15) is 6.10 Å². The Morgan fingerprint density at radius 2 is 1.41 bits per heavy atom. The molecule has 0 heterocycles. The molecule has 0 spiro atoms. The molecule has 4 aliphatic carbocycles. The van der Waals surface area contributed by atoms with Gasteiger partial charge in [-0.05, 0) is 57.3 Å². The molecule has 4 rings (SSSR count). The second-order valence-corrected chi connectivity index (χ2v) is 13.9. The maximum atomic E-state index is 12.9. The van der Waals surface area contributed by atoms with Crippen LogP contribution in [-0.4, -0.2) is 55.2 Å². The average Bonchev–Trinajstić information content (AvgIpc) is 2.55. The van der Waals surface area contributed by atoms with Gasteiger partial charge in [-0.3, -0.25) is 4.79 Å². The first kappa shape index (κ1) is 25.5. The summed E-state index contributed by atoms with van der Waals surface area (Å²) in [5.41, 5.74) is -14.9. The van der Waals surface area contributed by atoms with Crippen LogP contribution in [0.4, 0.5) is 26.3 Å². The highest BCUT2D eigenvalue weighted by atomic mass is 32.3. The SMILES string of the molecule is CC(CC(S(=O)(=O)C(F)(F)F)S(=O)(=O)C(F)(F)F)OC(=O)C12CC3CC(CC(O)(C3)C1)C2. The molecule has 0 aromatic carbocycles. The van der Waals surface area contributed by atoms with Gasteiger partial charge in [-0.1, -0.05) is 0 Å². The van der Waals surface area contributed by atoms with Crippen LogP contribution >= 0.6 is 0 Å². The Labute approximate surface area is 180 Å². The second-order valence-electron chi connectivity index (χ2n) is 9.33. The van der Waals surface area contributed by atoms with Crippen molar-refractivity contribution in [2.45, 2.75) is 79.2 Å². The summed E-state index contributed by atoms with van der Waals surface area (Å²) in [7, 11) is -13.6. The monoisotopic (exact) mass is 516 g/mol. The molecule has 0 aromatic heterocycles. The molecule has 3 unspecified atom stereocenters. The standard InChI is InChI=1S/C17H22F6O7S2/c1-9(2-12(31(26,27)16(18,19)20)32(28,29)17(21,22)23)30-13(24)14-4-10-3-11(5-14)7-15(25,6-10)8-14/h9-12,25H,2-8H2,1H3. The number of carbonyl (C=O) groups excluding carboxylic acids is 1. The number of rotatable bonds is 6. The number of ether oxygens (including phenoxy) is 1. The van der Waals surface area contributed by atoms with Crippen molar-refractivity contribution >= 4 is 25.6 Å². The summed E-state index contributed by atoms with van der Waals surface area (Å²) in [5.74, 6) is -0.966. The number of alkyl halides is 6. The highest BCUT2D eigenvalue weighted by Crippen LogP contribution is 2.62.